The van der Waals surface area contributed by atoms with Crippen molar-refractivity contribution in [2.24, 2.45) is 0 Å². The van der Waals surface area contributed by atoms with E-state index in [2.05, 4.69) is 0 Å². The van der Waals surface area contributed by atoms with Crippen LogP contribution in [0.4, 0.5) is 0 Å². The monoisotopic (exact) mass is 432 g/mol. The minimum atomic E-state index is -0.629. The van der Waals surface area contributed by atoms with Crippen molar-refractivity contribution < 1.29 is 19.1 Å². The Morgan fingerprint density at radius 1 is 0.844 bits per heavy atom. The Labute approximate surface area is 189 Å². The van der Waals surface area contributed by atoms with Gasteiger partial charge in [-0.05, 0) is 42.2 Å². The molecule has 0 aliphatic carbocycles. The Bertz CT molecular complexity index is 897. The number of unbranched alkanes of at least 4 members (excludes halogenated alkanes) is 2. The molecule has 0 aliphatic heterocycles. The molecule has 0 aliphatic rings. The lowest BCUT2D eigenvalue weighted by Crippen LogP contribution is -2.07. The third-order valence-electron chi connectivity index (χ3n) is 4.16. The molecule has 0 N–H and O–H groups in total. The summed E-state index contributed by atoms with van der Waals surface area (Å²) < 4.78 is 10.1. The molecule has 1 rings (SSSR count). The summed E-state index contributed by atoms with van der Waals surface area (Å²) in [6.45, 7) is 4.57. The molecule has 0 unspecified atom stereocenters. The highest BCUT2D eigenvalue weighted by Gasteiger charge is 2.09. The lowest BCUT2D eigenvalue weighted by atomic mass is 10.1. The summed E-state index contributed by atoms with van der Waals surface area (Å²) in [5.41, 5.74) is 1.58. The van der Waals surface area contributed by atoms with Crippen LogP contribution in [0.2, 0.25) is 0 Å². The van der Waals surface area contributed by atoms with Gasteiger partial charge in [0.15, 0.2) is 0 Å². The Kier molecular flexibility index (Phi) is 13.0. The van der Waals surface area contributed by atoms with E-state index >= 15 is 0 Å². The first-order chi connectivity index (χ1) is 15.5. The number of esters is 2. The summed E-state index contributed by atoms with van der Waals surface area (Å²) in [4.78, 5) is 23.7. The molecule has 0 spiro atoms. The second-order valence-electron chi connectivity index (χ2n) is 6.75. The van der Waals surface area contributed by atoms with Gasteiger partial charge < -0.3 is 9.47 Å². The lowest BCUT2D eigenvalue weighted by Gasteiger charge is -2.01. The van der Waals surface area contributed by atoms with E-state index in [0.29, 0.717) is 13.2 Å². The molecule has 6 nitrogen and oxygen atoms in total. The fourth-order valence-corrected chi connectivity index (χ4v) is 2.35. The molecular weight excluding hydrogens is 404 g/mol. The number of ether oxygens (including phenoxy) is 2. The van der Waals surface area contributed by atoms with Crippen molar-refractivity contribution in [3.63, 3.8) is 0 Å². The molecule has 0 radical (unpaired) electrons. The fraction of sp³-hybridized carbons (Fsp3) is 0.308. The third kappa shape index (κ3) is 10.2. The molecular formula is C26H28N2O4. The van der Waals surface area contributed by atoms with Gasteiger partial charge in [-0.25, -0.2) is 9.59 Å². The lowest BCUT2D eigenvalue weighted by molar-refractivity contribution is -0.139. The van der Waals surface area contributed by atoms with Crippen molar-refractivity contribution in [2.45, 2.75) is 39.5 Å². The Balaban J connectivity index is 2.80. The van der Waals surface area contributed by atoms with Crippen molar-refractivity contribution in [3.8, 4) is 12.1 Å². The van der Waals surface area contributed by atoms with Crippen molar-refractivity contribution in [2.75, 3.05) is 13.2 Å². The van der Waals surface area contributed by atoms with Crippen LogP contribution >= 0.6 is 0 Å². The van der Waals surface area contributed by atoms with E-state index in [9.17, 15) is 9.59 Å². The van der Waals surface area contributed by atoms with E-state index in [1.165, 1.54) is 12.2 Å². The number of rotatable bonds is 12. The SMILES string of the molecule is CCCCOC(=O)C(C#N)=CC=Cc1cccc(C=CC=C(C#N)C(=O)OCCCC)c1. The number of hydrogen-bond donors (Lipinski definition) is 0. The van der Waals surface area contributed by atoms with Crippen LogP contribution in [0.1, 0.15) is 50.7 Å². The Hall–Kier alpha value is -3.90. The highest BCUT2D eigenvalue weighted by molar-refractivity contribution is 5.93. The number of benzene rings is 1. The molecule has 0 saturated carbocycles. The number of allylic oxidation sites excluding steroid dienone is 4. The molecule has 32 heavy (non-hydrogen) atoms. The number of nitriles is 2. The minimum absolute atomic E-state index is 0.0617. The summed E-state index contributed by atoms with van der Waals surface area (Å²) in [6.07, 6.45) is 12.9. The quantitative estimate of drug-likeness (QED) is 0.146. The van der Waals surface area contributed by atoms with Gasteiger partial charge in [-0.15, -0.1) is 0 Å². The van der Waals surface area contributed by atoms with Gasteiger partial charge in [-0.1, -0.05) is 69.2 Å². The van der Waals surface area contributed by atoms with E-state index < -0.39 is 11.9 Å². The molecule has 0 saturated heterocycles. The van der Waals surface area contributed by atoms with Crippen LogP contribution < -0.4 is 0 Å². The van der Waals surface area contributed by atoms with Gasteiger partial charge in [-0.2, -0.15) is 10.5 Å². The topological polar surface area (TPSA) is 100 Å². The van der Waals surface area contributed by atoms with E-state index in [1.807, 2.05) is 50.3 Å². The number of carbonyl (C=O) groups excluding carboxylic acids is 2. The minimum Gasteiger partial charge on any atom is -0.462 e. The smallest absolute Gasteiger partial charge is 0.348 e. The maximum absolute atomic E-state index is 11.8. The van der Waals surface area contributed by atoms with Crippen LogP contribution in [-0.4, -0.2) is 25.2 Å². The van der Waals surface area contributed by atoms with Gasteiger partial charge >= 0.3 is 11.9 Å². The maximum Gasteiger partial charge on any atom is 0.348 e. The largest absolute Gasteiger partial charge is 0.462 e. The van der Waals surface area contributed by atoms with Crippen molar-refractivity contribution in [1.82, 2.24) is 0 Å². The maximum atomic E-state index is 11.8. The van der Waals surface area contributed by atoms with Crippen LogP contribution in [0.15, 0.2) is 59.7 Å². The van der Waals surface area contributed by atoms with Crippen LogP contribution in [0, 0.1) is 22.7 Å². The molecule has 166 valence electrons. The summed E-state index contributed by atoms with van der Waals surface area (Å²) in [7, 11) is 0. The van der Waals surface area contributed by atoms with E-state index in [0.717, 1.165) is 36.8 Å². The Morgan fingerprint density at radius 2 is 1.28 bits per heavy atom. The number of carbonyl (C=O) groups is 2. The standard InChI is InChI=1S/C26H28N2O4/c1-3-5-16-31-25(29)23(19-27)14-8-12-21-10-7-11-22(18-21)13-9-15-24(20-28)26(30)32-17-6-4-2/h7-15,18H,3-6,16-17H2,1-2H3. The van der Waals surface area contributed by atoms with Gasteiger partial charge in [-0.3, -0.25) is 0 Å². The second-order valence-corrected chi connectivity index (χ2v) is 6.75. The van der Waals surface area contributed by atoms with Gasteiger partial charge in [0, 0.05) is 0 Å². The molecule has 0 bridgehead atoms. The fourth-order valence-electron chi connectivity index (χ4n) is 2.35. The number of hydrogen-bond acceptors (Lipinski definition) is 6. The Morgan fingerprint density at radius 3 is 1.66 bits per heavy atom. The van der Waals surface area contributed by atoms with Crippen molar-refractivity contribution >= 4 is 24.1 Å². The first-order valence-corrected chi connectivity index (χ1v) is 10.6. The molecule has 0 amide bonds. The summed E-state index contributed by atoms with van der Waals surface area (Å²) in [5.74, 6) is -1.26. The normalized spacial score (nSPS) is 11.9. The van der Waals surface area contributed by atoms with Crippen LogP contribution in [-0.2, 0) is 19.1 Å². The van der Waals surface area contributed by atoms with E-state index in [1.54, 1.807) is 24.3 Å². The molecule has 0 fully saturated rings. The molecule has 6 heteroatoms. The van der Waals surface area contributed by atoms with Crippen LogP contribution in [0.5, 0.6) is 0 Å². The summed E-state index contributed by atoms with van der Waals surface area (Å²) >= 11 is 0. The molecule has 0 heterocycles. The van der Waals surface area contributed by atoms with Crippen LogP contribution in [0.25, 0.3) is 12.2 Å². The highest BCUT2D eigenvalue weighted by atomic mass is 16.5. The zero-order chi connectivity index (χ0) is 23.6. The zero-order valence-electron chi connectivity index (χ0n) is 18.5. The van der Waals surface area contributed by atoms with Crippen LogP contribution in [0.3, 0.4) is 0 Å². The average Bonchev–Trinajstić information content (AvgIpc) is 2.80. The molecule has 1 aromatic rings. The average molecular weight is 433 g/mol. The molecule has 0 atom stereocenters. The van der Waals surface area contributed by atoms with Crippen molar-refractivity contribution in [3.05, 3.63) is 70.8 Å². The first kappa shape index (κ1) is 26.1. The van der Waals surface area contributed by atoms with Crippen molar-refractivity contribution in [1.29, 1.82) is 10.5 Å². The third-order valence-corrected chi connectivity index (χ3v) is 4.16. The molecule has 0 aromatic heterocycles. The van der Waals surface area contributed by atoms with Gasteiger partial charge in [0.1, 0.15) is 23.3 Å². The predicted octanol–water partition coefficient (Wildman–Crippen LogP) is 5.30. The van der Waals surface area contributed by atoms with Gasteiger partial charge in [0.25, 0.3) is 0 Å². The van der Waals surface area contributed by atoms with E-state index in [4.69, 9.17) is 20.0 Å². The molecule has 1 aromatic carbocycles. The second kappa shape index (κ2) is 15.9. The first-order valence-electron chi connectivity index (χ1n) is 10.6. The van der Waals surface area contributed by atoms with Gasteiger partial charge in [0.05, 0.1) is 13.2 Å². The highest BCUT2D eigenvalue weighted by Crippen LogP contribution is 2.10. The predicted molar refractivity (Wildman–Crippen MR) is 124 cm³/mol. The number of nitrogens with zero attached hydrogens (tertiary/aromatic N) is 2. The zero-order valence-corrected chi connectivity index (χ0v) is 18.5. The van der Waals surface area contributed by atoms with Gasteiger partial charge in [0.2, 0.25) is 0 Å². The summed E-state index contributed by atoms with van der Waals surface area (Å²) in [6, 6.07) is 11.2. The summed E-state index contributed by atoms with van der Waals surface area (Å²) in [5, 5.41) is 18.3. The van der Waals surface area contributed by atoms with E-state index in [-0.39, 0.29) is 11.1 Å².